The van der Waals surface area contributed by atoms with E-state index in [2.05, 4.69) is 60.1 Å². The van der Waals surface area contributed by atoms with Crippen LogP contribution in [0.2, 0.25) is 0 Å². The second-order valence-corrected chi connectivity index (χ2v) is 8.00. The van der Waals surface area contributed by atoms with Crippen LogP contribution in [0.15, 0.2) is 23.4 Å². The van der Waals surface area contributed by atoms with Crippen molar-refractivity contribution in [2.75, 3.05) is 52.8 Å². The van der Waals surface area contributed by atoms with E-state index in [0.717, 1.165) is 25.2 Å². The minimum absolute atomic E-state index is 0.0991. The molecular weight excluding hydrogens is 414 g/mol. The van der Waals surface area contributed by atoms with E-state index in [9.17, 15) is 4.79 Å². The molecule has 3 N–H and O–H groups in total. The van der Waals surface area contributed by atoms with Crippen molar-refractivity contribution in [3.8, 4) is 0 Å². The lowest BCUT2D eigenvalue weighted by molar-refractivity contribution is -0.113. The summed E-state index contributed by atoms with van der Waals surface area (Å²) in [5, 5.41) is 18.2. The smallest absolute Gasteiger partial charge is 0.261 e. The molecule has 0 fully saturated rings. The average molecular weight is 442 g/mol. The van der Waals surface area contributed by atoms with E-state index in [1.54, 1.807) is 4.40 Å². The number of rotatable bonds is 9. The van der Waals surface area contributed by atoms with E-state index < -0.39 is 0 Å². The maximum absolute atomic E-state index is 12.6. The SMILES string of the molecule is CCNc1nc(NCC)n2c(SCC(=O)Nc3ccc4c(c3)N(CC)CC4)nnc2n1. The molecule has 1 amide bonds. The number of benzene rings is 1. The van der Waals surface area contributed by atoms with E-state index in [1.807, 2.05) is 19.9 Å². The van der Waals surface area contributed by atoms with Gasteiger partial charge in [-0.3, -0.25) is 4.79 Å². The van der Waals surface area contributed by atoms with Crippen molar-refractivity contribution in [2.45, 2.75) is 32.3 Å². The first-order valence-electron chi connectivity index (χ1n) is 10.5. The van der Waals surface area contributed by atoms with Crippen molar-refractivity contribution in [1.82, 2.24) is 24.6 Å². The number of hydrogen-bond acceptors (Lipinski definition) is 9. The van der Waals surface area contributed by atoms with Crippen LogP contribution < -0.4 is 20.9 Å². The highest BCUT2D eigenvalue weighted by Gasteiger charge is 2.19. The topological polar surface area (TPSA) is 112 Å². The van der Waals surface area contributed by atoms with Crippen LogP contribution in [0.4, 0.5) is 23.3 Å². The Labute approximate surface area is 185 Å². The molecular formula is C20H27N9OS. The summed E-state index contributed by atoms with van der Waals surface area (Å²) >= 11 is 1.30. The molecule has 0 atom stereocenters. The van der Waals surface area contributed by atoms with E-state index in [1.165, 1.54) is 23.0 Å². The van der Waals surface area contributed by atoms with Gasteiger partial charge in [-0.1, -0.05) is 17.8 Å². The molecule has 2 aromatic heterocycles. The Balaban J connectivity index is 1.46. The average Bonchev–Trinajstić information content (AvgIpc) is 3.36. The maximum Gasteiger partial charge on any atom is 0.261 e. The number of likely N-dealkylation sites (N-methyl/N-ethyl adjacent to an activating group) is 1. The molecule has 0 unspecified atom stereocenters. The summed E-state index contributed by atoms with van der Waals surface area (Å²) in [6.07, 6.45) is 1.05. The molecule has 3 heterocycles. The predicted molar refractivity (Wildman–Crippen MR) is 124 cm³/mol. The third kappa shape index (κ3) is 4.50. The van der Waals surface area contributed by atoms with Crippen LogP contribution >= 0.6 is 11.8 Å². The molecule has 4 rings (SSSR count). The summed E-state index contributed by atoms with van der Waals surface area (Å²) in [6, 6.07) is 6.12. The summed E-state index contributed by atoms with van der Waals surface area (Å²) in [5.41, 5.74) is 3.35. The van der Waals surface area contributed by atoms with Crippen LogP contribution in [-0.2, 0) is 11.2 Å². The van der Waals surface area contributed by atoms with Gasteiger partial charge < -0.3 is 20.9 Å². The highest BCUT2D eigenvalue weighted by molar-refractivity contribution is 7.99. The zero-order chi connectivity index (χ0) is 21.8. The first kappa shape index (κ1) is 21.2. The molecule has 3 aromatic rings. The Morgan fingerprint density at radius 2 is 1.97 bits per heavy atom. The summed E-state index contributed by atoms with van der Waals surface area (Å²) in [7, 11) is 0. The highest BCUT2D eigenvalue weighted by atomic mass is 32.2. The lowest BCUT2D eigenvalue weighted by Gasteiger charge is -2.17. The number of nitrogens with one attached hydrogen (secondary N) is 3. The molecule has 1 aromatic carbocycles. The van der Waals surface area contributed by atoms with Gasteiger partial charge in [0, 0.05) is 37.6 Å². The summed E-state index contributed by atoms with van der Waals surface area (Å²) in [6.45, 7) is 9.50. The normalized spacial score (nSPS) is 12.8. The molecule has 1 aliphatic heterocycles. The van der Waals surface area contributed by atoms with E-state index in [4.69, 9.17) is 0 Å². The summed E-state index contributed by atoms with van der Waals surface area (Å²) in [4.78, 5) is 23.8. The zero-order valence-corrected chi connectivity index (χ0v) is 18.8. The monoisotopic (exact) mass is 441 g/mol. The molecule has 10 nitrogen and oxygen atoms in total. The number of nitrogens with zero attached hydrogens (tertiary/aromatic N) is 6. The second kappa shape index (κ2) is 9.38. The summed E-state index contributed by atoms with van der Waals surface area (Å²) < 4.78 is 1.73. The third-order valence-corrected chi connectivity index (χ3v) is 5.92. The lowest BCUT2D eigenvalue weighted by atomic mass is 10.1. The van der Waals surface area contributed by atoms with Gasteiger partial charge in [0.15, 0.2) is 5.16 Å². The number of anilines is 4. The standard InChI is InChI=1S/C20H27N9OS/c1-4-21-17-24-18(22-5-2)29-19(25-17)26-27-20(29)31-12-16(30)23-14-8-7-13-9-10-28(6-3)15(13)11-14/h7-8,11H,4-6,9-10,12H2,1-3H3,(H,23,30)(H2,21,22,24,25,26). The fraction of sp³-hybridized carbons (Fsp3) is 0.450. The first-order chi connectivity index (χ1) is 15.1. The van der Waals surface area contributed by atoms with Gasteiger partial charge >= 0.3 is 0 Å². The van der Waals surface area contributed by atoms with Crippen molar-refractivity contribution >= 4 is 46.7 Å². The van der Waals surface area contributed by atoms with E-state index in [0.29, 0.717) is 35.9 Å². The Bertz CT molecular complexity index is 1080. The van der Waals surface area contributed by atoms with E-state index >= 15 is 0 Å². The van der Waals surface area contributed by atoms with Gasteiger partial charge in [-0.25, -0.2) is 4.40 Å². The lowest BCUT2D eigenvalue weighted by Crippen LogP contribution is -2.19. The van der Waals surface area contributed by atoms with Crippen molar-refractivity contribution in [3.05, 3.63) is 23.8 Å². The van der Waals surface area contributed by atoms with Crippen LogP contribution in [0.5, 0.6) is 0 Å². The van der Waals surface area contributed by atoms with E-state index in [-0.39, 0.29) is 11.7 Å². The number of amides is 1. The molecule has 0 bridgehead atoms. The largest absolute Gasteiger partial charge is 0.371 e. The number of thioether (sulfide) groups is 1. The number of carbonyl (C=O) groups is 1. The minimum Gasteiger partial charge on any atom is -0.371 e. The molecule has 31 heavy (non-hydrogen) atoms. The molecule has 0 aliphatic carbocycles. The number of aromatic nitrogens is 5. The van der Waals surface area contributed by atoms with Crippen molar-refractivity contribution in [3.63, 3.8) is 0 Å². The molecule has 11 heteroatoms. The molecule has 164 valence electrons. The molecule has 1 aliphatic rings. The van der Waals surface area contributed by atoms with Gasteiger partial charge in [0.25, 0.3) is 5.78 Å². The fourth-order valence-corrected chi connectivity index (χ4v) is 4.30. The van der Waals surface area contributed by atoms with Crippen LogP contribution in [0, 0.1) is 0 Å². The van der Waals surface area contributed by atoms with Gasteiger partial charge in [0.1, 0.15) is 0 Å². The van der Waals surface area contributed by atoms with Gasteiger partial charge in [-0.15, -0.1) is 10.2 Å². The second-order valence-electron chi connectivity index (χ2n) is 7.06. The zero-order valence-electron chi connectivity index (χ0n) is 18.0. The van der Waals surface area contributed by atoms with Crippen LogP contribution in [0.3, 0.4) is 0 Å². The third-order valence-electron chi connectivity index (χ3n) is 4.99. The number of fused-ring (bicyclic) bond motifs is 2. The fourth-order valence-electron chi connectivity index (χ4n) is 3.58. The van der Waals surface area contributed by atoms with Gasteiger partial charge in [0.05, 0.1) is 5.75 Å². The quantitative estimate of drug-likeness (QED) is 0.431. The van der Waals surface area contributed by atoms with Crippen LogP contribution in [0.1, 0.15) is 26.3 Å². The van der Waals surface area contributed by atoms with Crippen molar-refractivity contribution < 1.29 is 4.79 Å². The molecule has 0 saturated heterocycles. The Kier molecular flexibility index (Phi) is 6.40. The van der Waals surface area contributed by atoms with Gasteiger partial charge in [0.2, 0.25) is 17.8 Å². The predicted octanol–water partition coefficient (Wildman–Crippen LogP) is 2.50. The number of carbonyl (C=O) groups excluding carboxylic acids is 1. The first-order valence-corrected chi connectivity index (χ1v) is 11.5. The highest BCUT2D eigenvalue weighted by Crippen LogP contribution is 2.30. The Morgan fingerprint density at radius 3 is 2.74 bits per heavy atom. The van der Waals surface area contributed by atoms with Crippen LogP contribution in [0.25, 0.3) is 5.78 Å². The summed E-state index contributed by atoms with van der Waals surface area (Å²) in [5.74, 6) is 1.62. The van der Waals surface area contributed by atoms with Crippen molar-refractivity contribution in [2.24, 2.45) is 0 Å². The number of hydrogen-bond donors (Lipinski definition) is 3. The maximum atomic E-state index is 12.6. The van der Waals surface area contributed by atoms with Gasteiger partial charge in [-0.05, 0) is 44.9 Å². The van der Waals surface area contributed by atoms with Crippen molar-refractivity contribution in [1.29, 1.82) is 0 Å². The van der Waals surface area contributed by atoms with Gasteiger partial charge in [-0.2, -0.15) is 9.97 Å². The molecule has 0 saturated carbocycles. The molecule has 0 radical (unpaired) electrons. The van der Waals surface area contributed by atoms with Crippen LogP contribution in [-0.4, -0.2) is 62.4 Å². The Hall–Kier alpha value is -3.08. The minimum atomic E-state index is -0.0991. The molecule has 0 spiro atoms. The Morgan fingerprint density at radius 1 is 1.13 bits per heavy atom.